The summed E-state index contributed by atoms with van der Waals surface area (Å²) in [6.07, 6.45) is 0. The monoisotopic (exact) mass is 157 g/mol. The molecule has 1 aliphatic carbocycles. The summed E-state index contributed by atoms with van der Waals surface area (Å²) in [6.45, 7) is 1.41. The number of hydrogen-bond donors (Lipinski definition) is 2. The van der Waals surface area contributed by atoms with Gasteiger partial charge in [0.2, 0.25) is 0 Å². The molecule has 1 saturated heterocycles. The first kappa shape index (κ1) is 7.06. The number of carbonyl (C=O) groups is 1. The number of hydrogen-bond acceptors (Lipinski definition) is 3. The minimum absolute atomic E-state index is 0.182. The van der Waals surface area contributed by atoms with Gasteiger partial charge in [0.1, 0.15) is 6.04 Å². The van der Waals surface area contributed by atoms with Crippen LogP contribution in [0.4, 0.5) is 0 Å². The molecule has 3 N–H and O–H groups in total. The van der Waals surface area contributed by atoms with Crippen LogP contribution in [0.2, 0.25) is 0 Å². The van der Waals surface area contributed by atoms with Crippen molar-refractivity contribution in [3.05, 3.63) is 0 Å². The van der Waals surface area contributed by atoms with Crippen molar-refractivity contribution >= 4 is 5.97 Å². The van der Waals surface area contributed by atoms with E-state index in [0.717, 1.165) is 0 Å². The Kier molecular flexibility index (Phi) is 1.40. The Morgan fingerprint density at radius 3 is 2.55 bits per heavy atom. The van der Waals surface area contributed by atoms with Crippen LogP contribution in [0, 0.1) is 17.8 Å². The standard InChI is InChI=1S/C7H11NO3/c8-6(7(9)10)5-3-1-11-2-4(3)5/h3-6H,1-2,8H2,(H,9,10)/t3-,4?,5?,6?/m1/s1. The average Bonchev–Trinajstić information content (AvgIpc) is 2.41. The van der Waals surface area contributed by atoms with Gasteiger partial charge in [-0.05, 0) is 17.8 Å². The Bertz CT molecular complexity index is 184. The normalized spacial score (nSPS) is 43.2. The Labute approximate surface area is 64.3 Å². The van der Waals surface area contributed by atoms with E-state index in [4.69, 9.17) is 15.6 Å². The molecule has 1 aliphatic heterocycles. The van der Waals surface area contributed by atoms with Crippen molar-refractivity contribution in [1.29, 1.82) is 0 Å². The molecule has 0 spiro atoms. The van der Waals surface area contributed by atoms with Gasteiger partial charge < -0.3 is 15.6 Å². The molecule has 4 heteroatoms. The van der Waals surface area contributed by atoms with Crippen molar-refractivity contribution < 1.29 is 14.6 Å². The fourth-order valence-electron chi connectivity index (χ4n) is 1.98. The van der Waals surface area contributed by atoms with Crippen molar-refractivity contribution in [3.8, 4) is 0 Å². The van der Waals surface area contributed by atoms with E-state index < -0.39 is 12.0 Å². The molecule has 0 amide bonds. The molecule has 0 aromatic carbocycles. The topological polar surface area (TPSA) is 72.6 Å². The summed E-state index contributed by atoms with van der Waals surface area (Å²) < 4.78 is 5.12. The van der Waals surface area contributed by atoms with Crippen LogP contribution in [-0.2, 0) is 9.53 Å². The van der Waals surface area contributed by atoms with E-state index in [-0.39, 0.29) is 5.92 Å². The maximum atomic E-state index is 10.4. The highest BCUT2D eigenvalue weighted by Crippen LogP contribution is 2.52. The number of ether oxygens (including phenoxy) is 1. The molecular formula is C7H11NO3. The molecule has 3 unspecified atom stereocenters. The summed E-state index contributed by atoms with van der Waals surface area (Å²) in [5.74, 6) is 0.160. The quantitative estimate of drug-likeness (QED) is 0.555. The van der Waals surface area contributed by atoms with E-state index in [1.165, 1.54) is 0 Å². The lowest BCUT2D eigenvalue weighted by molar-refractivity contribution is -0.139. The molecule has 0 aromatic heterocycles. The number of fused-ring (bicyclic) bond motifs is 1. The average molecular weight is 157 g/mol. The number of carboxylic acids is 1. The first-order valence-corrected chi connectivity index (χ1v) is 3.78. The lowest BCUT2D eigenvalue weighted by atomic mass is 10.1. The molecule has 1 saturated carbocycles. The van der Waals surface area contributed by atoms with Crippen LogP contribution in [0.15, 0.2) is 0 Å². The van der Waals surface area contributed by atoms with Gasteiger partial charge in [0.05, 0.1) is 13.2 Å². The summed E-state index contributed by atoms with van der Waals surface area (Å²) in [7, 11) is 0. The Morgan fingerprint density at radius 1 is 1.55 bits per heavy atom. The van der Waals surface area contributed by atoms with Crippen molar-refractivity contribution in [3.63, 3.8) is 0 Å². The predicted octanol–water partition coefficient (Wildman–Crippen LogP) is -0.709. The Balaban J connectivity index is 1.95. The lowest BCUT2D eigenvalue weighted by Crippen LogP contribution is -2.34. The van der Waals surface area contributed by atoms with Crippen LogP contribution >= 0.6 is 0 Å². The zero-order valence-electron chi connectivity index (χ0n) is 6.06. The molecule has 0 aromatic rings. The molecule has 2 fully saturated rings. The van der Waals surface area contributed by atoms with Gasteiger partial charge in [-0.1, -0.05) is 0 Å². The molecule has 0 bridgehead atoms. The van der Waals surface area contributed by atoms with E-state index in [1.54, 1.807) is 0 Å². The minimum Gasteiger partial charge on any atom is -0.480 e. The zero-order valence-corrected chi connectivity index (χ0v) is 6.06. The van der Waals surface area contributed by atoms with E-state index in [9.17, 15) is 4.79 Å². The molecule has 11 heavy (non-hydrogen) atoms. The number of rotatable bonds is 2. The van der Waals surface area contributed by atoms with E-state index in [0.29, 0.717) is 25.0 Å². The number of aliphatic carboxylic acids is 1. The molecule has 4 atom stereocenters. The van der Waals surface area contributed by atoms with Crippen LogP contribution in [0.5, 0.6) is 0 Å². The van der Waals surface area contributed by atoms with Crippen LogP contribution in [0.1, 0.15) is 0 Å². The first-order chi connectivity index (χ1) is 5.22. The summed E-state index contributed by atoms with van der Waals surface area (Å²) in [5.41, 5.74) is 5.46. The first-order valence-electron chi connectivity index (χ1n) is 3.78. The maximum absolute atomic E-state index is 10.4. The van der Waals surface area contributed by atoms with Gasteiger partial charge in [0.25, 0.3) is 0 Å². The van der Waals surface area contributed by atoms with Gasteiger partial charge in [-0.3, -0.25) is 4.79 Å². The highest BCUT2D eigenvalue weighted by atomic mass is 16.5. The summed E-state index contributed by atoms with van der Waals surface area (Å²) >= 11 is 0. The Hall–Kier alpha value is -0.610. The van der Waals surface area contributed by atoms with Gasteiger partial charge in [0.15, 0.2) is 0 Å². The molecule has 0 radical (unpaired) electrons. The van der Waals surface area contributed by atoms with Gasteiger partial charge in [-0.2, -0.15) is 0 Å². The number of carboxylic acid groups (broad SMARTS) is 1. The van der Waals surface area contributed by atoms with Gasteiger partial charge in [-0.25, -0.2) is 0 Å². The smallest absolute Gasteiger partial charge is 0.320 e. The fourth-order valence-corrected chi connectivity index (χ4v) is 1.98. The summed E-state index contributed by atoms with van der Waals surface area (Å²) in [4.78, 5) is 10.4. The van der Waals surface area contributed by atoms with Gasteiger partial charge in [0, 0.05) is 0 Å². The van der Waals surface area contributed by atoms with Crippen LogP contribution in [-0.4, -0.2) is 30.3 Å². The lowest BCUT2D eigenvalue weighted by Gasteiger charge is -2.07. The van der Waals surface area contributed by atoms with Crippen molar-refractivity contribution in [1.82, 2.24) is 0 Å². The third-order valence-electron chi connectivity index (χ3n) is 2.72. The van der Waals surface area contributed by atoms with Crippen molar-refractivity contribution in [2.45, 2.75) is 6.04 Å². The van der Waals surface area contributed by atoms with Gasteiger partial charge in [-0.15, -0.1) is 0 Å². The minimum atomic E-state index is -0.885. The van der Waals surface area contributed by atoms with Crippen molar-refractivity contribution in [2.24, 2.45) is 23.5 Å². The molecule has 62 valence electrons. The van der Waals surface area contributed by atoms with E-state index in [2.05, 4.69) is 0 Å². The second kappa shape index (κ2) is 2.19. The third kappa shape index (κ3) is 0.937. The van der Waals surface area contributed by atoms with Gasteiger partial charge >= 0.3 is 5.97 Å². The highest BCUT2D eigenvalue weighted by Gasteiger charge is 2.58. The van der Waals surface area contributed by atoms with Crippen LogP contribution < -0.4 is 5.73 Å². The molecule has 2 aliphatic rings. The largest absolute Gasteiger partial charge is 0.480 e. The second-order valence-corrected chi connectivity index (χ2v) is 3.31. The van der Waals surface area contributed by atoms with E-state index >= 15 is 0 Å². The predicted molar refractivity (Wildman–Crippen MR) is 36.9 cm³/mol. The third-order valence-corrected chi connectivity index (χ3v) is 2.72. The highest BCUT2D eigenvalue weighted by molar-refractivity contribution is 5.74. The number of nitrogens with two attached hydrogens (primary N) is 1. The van der Waals surface area contributed by atoms with E-state index in [1.807, 2.05) is 0 Å². The van der Waals surface area contributed by atoms with Crippen LogP contribution in [0.25, 0.3) is 0 Å². The summed E-state index contributed by atoms with van der Waals surface area (Å²) in [5, 5.41) is 8.58. The SMILES string of the molecule is NC(C(=O)O)C1C2COC[C@H]21. The molecule has 4 nitrogen and oxygen atoms in total. The molecular weight excluding hydrogens is 146 g/mol. The fraction of sp³-hybridized carbons (Fsp3) is 0.857. The maximum Gasteiger partial charge on any atom is 0.320 e. The second-order valence-electron chi connectivity index (χ2n) is 3.31. The zero-order chi connectivity index (χ0) is 8.01. The molecule has 1 heterocycles. The summed E-state index contributed by atoms with van der Waals surface area (Å²) in [6, 6.07) is -0.672. The van der Waals surface area contributed by atoms with Crippen molar-refractivity contribution in [2.75, 3.05) is 13.2 Å². The molecule has 2 rings (SSSR count). The Morgan fingerprint density at radius 2 is 2.09 bits per heavy atom. The van der Waals surface area contributed by atoms with Crippen LogP contribution in [0.3, 0.4) is 0 Å².